The molecule has 2 N–H and O–H groups in total. The van der Waals surface area contributed by atoms with E-state index in [1.54, 1.807) is 38.4 Å². The average Bonchev–Trinajstić information content (AvgIpc) is 2.45. The number of hydrogen-bond acceptors (Lipinski definition) is 4. The maximum absolute atomic E-state index is 11.5. The Balaban J connectivity index is 2.17. The predicted molar refractivity (Wildman–Crippen MR) is 77.7 cm³/mol. The molecule has 1 rings (SSSR count). The molecule has 21 heavy (non-hydrogen) atoms. The number of anilines is 1. The molecule has 0 bridgehead atoms. The number of nitrogens with zero attached hydrogens (tertiary/aromatic N) is 1. The lowest BCUT2D eigenvalue weighted by Gasteiger charge is -2.10. The lowest BCUT2D eigenvalue weighted by molar-refractivity contribution is -0.150. The minimum atomic E-state index is -0.537. The summed E-state index contributed by atoms with van der Waals surface area (Å²) >= 11 is 0. The van der Waals surface area contributed by atoms with E-state index in [0.717, 1.165) is 0 Å². The SMILES string of the molecule is CN(C)C(=O)COC(=O)CCNC(=O)Nc1ccccc1. The van der Waals surface area contributed by atoms with Gasteiger partial charge in [0.25, 0.3) is 5.91 Å². The molecule has 0 fully saturated rings. The first-order valence-corrected chi connectivity index (χ1v) is 6.44. The molecule has 0 heterocycles. The highest BCUT2D eigenvalue weighted by Gasteiger charge is 2.09. The smallest absolute Gasteiger partial charge is 0.319 e. The molecule has 0 saturated carbocycles. The van der Waals surface area contributed by atoms with Crippen LogP contribution in [0.25, 0.3) is 0 Å². The molecule has 1 aromatic rings. The fourth-order valence-corrected chi connectivity index (χ4v) is 1.32. The normalized spacial score (nSPS) is 9.62. The Morgan fingerprint density at radius 3 is 2.43 bits per heavy atom. The van der Waals surface area contributed by atoms with Gasteiger partial charge >= 0.3 is 12.0 Å². The summed E-state index contributed by atoms with van der Waals surface area (Å²) in [7, 11) is 3.15. The minimum absolute atomic E-state index is 0.00290. The first-order chi connectivity index (χ1) is 9.99. The van der Waals surface area contributed by atoms with Crippen molar-refractivity contribution < 1.29 is 19.1 Å². The fourth-order valence-electron chi connectivity index (χ4n) is 1.32. The van der Waals surface area contributed by atoms with Gasteiger partial charge in [-0.15, -0.1) is 0 Å². The van der Waals surface area contributed by atoms with E-state index >= 15 is 0 Å². The van der Waals surface area contributed by atoms with Gasteiger partial charge in [0.2, 0.25) is 0 Å². The topological polar surface area (TPSA) is 87.7 Å². The van der Waals surface area contributed by atoms with Crippen molar-refractivity contribution in [2.24, 2.45) is 0 Å². The largest absolute Gasteiger partial charge is 0.456 e. The van der Waals surface area contributed by atoms with Crippen LogP contribution < -0.4 is 10.6 Å². The van der Waals surface area contributed by atoms with Crippen molar-refractivity contribution in [3.05, 3.63) is 30.3 Å². The van der Waals surface area contributed by atoms with E-state index in [2.05, 4.69) is 10.6 Å². The zero-order chi connectivity index (χ0) is 15.7. The van der Waals surface area contributed by atoms with E-state index in [-0.39, 0.29) is 25.5 Å². The van der Waals surface area contributed by atoms with Crippen LogP contribution in [0, 0.1) is 0 Å². The summed E-state index contributed by atoms with van der Waals surface area (Å²) in [6.45, 7) is -0.157. The molecule has 1 aromatic carbocycles. The fraction of sp³-hybridized carbons (Fsp3) is 0.357. The molecule has 7 heteroatoms. The Labute approximate surface area is 123 Å². The van der Waals surface area contributed by atoms with Crippen molar-refractivity contribution >= 4 is 23.6 Å². The Kier molecular flexibility index (Phi) is 6.73. The summed E-state index contributed by atoms with van der Waals surface area (Å²) in [6, 6.07) is 8.54. The van der Waals surface area contributed by atoms with E-state index in [0.29, 0.717) is 5.69 Å². The zero-order valence-electron chi connectivity index (χ0n) is 12.1. The molecule has 0 saturated heterocycles. The van der Waals surface area contributed by atoms with E-state index in [1.165, 1.54) is 4.90 Å². The Bertz CT molecular complexity index is 488. The van der Waals surface area contributed by atoms with Crippen LogP contribution in [0.5, 0.6) is 0 Å². The van der Waals surface area contributed by atoms with E-state index < -0.39 is 12.0 Å². The number of ether oxygens (including phenoxy) is 1. The number of benzene rings is 1. The highest BCUT2D eigenvalue weighted by molar-refractivity contribution is 5.89. The first-order valence-electron chi connectivity index (χ1n) is 6.44. The summed E-state index contributed by atoms with van der Waals surface area (Å²) < 4.78 is 4.76. The summed E-state index contributed by atoms with van der Waals surface area (Å²) in [6.07, 6.45) is 0.00290. The van der Waals surface area contributed by atoms with Crippen molar-refractivity contribution in [2.45, 2.75) is 6.42 Å². The Hall–Kier alpha value is -2.57. The molecular weight excluding hydrogens is 274 g/mol. The van der Waals surface area contributed by atoms with Crippen LogP contribution >= 0.6 is 0 Å². The number of carbonyl (C=O) groups excluding carboxylic acids is 3. The lowest BCUT2D eigenvalue weighted by Crippen LogP contribution is -2.32. The minimum Gasteiger partial charge on any atom is -0.456 e. The molecule has 0 unspecified atom stereocenters. The Morgan fingerprint density at radius 2 is 1.81 bits per heavy atom. The molecule has 0 aliphatic carbocycles. The molecule has 0 spiro atoms. The first kappa shape index (κ1) is 16.5. The van der Waals surface area contributed by atoms with Gasteiger partial charge in [-0.25, -0.2) is 4.79 Å². The second-order valence-corrected chi connectivity index (χ2v) is 4.45. The predicted octanol–water partition coefficient (Wildman–Crippen LogP) is 0.830. The van der Waals surface area contributed by atoms with Gasteiger partial charge in [0, 0.05) is 26.3 Å². The van der Waals surface area contributed by atoms with E-state index in [1.807, 2.05) is 6.07 Å². The van der Waals surface area contributed by atoms with Crippen molar-refractivity contribution in [1.29, 1.82) is 0 Å². The molecule has 0 aromatic heterocycles. The van der Waals surface area contributed by atoms with Gasteiger partial charge in [0.1, 0.15) is 0 Å². The molecule has 0 aliphatic rings. The second kappa shape index (κ2) is 8.57. The maximum Gasteiger partial charge on any atom is 0.319 e. The van der Waals surface area contributed by atoms with Crippen LogP contribution in [0.15, 0.2) is 30.3 Å². The van der Waals surface area contributed by atoms with Crippen LogP contribution in [0.4, 0.5) is 10.5 Å². The highest BCUT2D eigenvalue weighted by atomic mass is 16.5. The number of likely N-dealkylation sites (N-methyl/N-ethyl adjacent to an activating group) is 1. The van der Waals surface area contributed by atoms with Gasteiger partial charge in [0.05, 0.1) is 6.42 Å². The molecule has 0 radical (unpaired) electrons. The number of hydrogen-bond donors (Lipinski definition) is 2. The lowest BCUT2D eigenvalue weighted by atomic mass is 10.3. The number of esters is 1. The quantitative estimate of drug-likeness (QED) is 0.760. The second-order valence-electron chi connectivity index (χ2n) is 4.45. The van der Waals surface area contributed by atoms with Crippen LogP contribution in [-0.4, -0.2) is 50.1 Å². The summed E-state index contributed by atoms with van der Waals surface area (Å²) in [5.74, 6) is -0.830. The molecule has 7 nitrogen and oxygen atoms in total. The standard InChI is InChI=1S/C14H19N3O4/c1-17(2)12(18)10-21-13(19)8-9-15-14(20)16-11-6-4-3-5-7-11/h3-7H,8-10H2,1-2H3,(H2,15,16,20). The average molecular weight is 293 g/mol. The van der Waals surface area contributed by atoms with Crippen LogP contribution in [0.3, 0.4) is 0 Å². The summed E-state index contributed by atoms with van der Waals surface area (Å²) in [4.78, 5) is 35.4. The van der Waals surface area contributed by atoms with Gasteiger partial charge in [0.15, 0.2) is 6.61 Å². The number of carbonyl (C=O) groups is 3. The highest BCUT2D eigenvalue weighted by Crippen LogP contribution is 2.03. The summed E-state index contributed by atoms with van der Waals surface area (Å²) in [5, 5.41) is 5.14. The number of nitrogens with one attached hydrogen (secondary N) is 2. The van der Waals surface area contributed by atoms with Crippen LogP contribution in [-0.2, 0) is 14.3 Å². The molecule has 114 valence electrons. The van der Waals surface area contributed by atoms with Gasteiger partial charge in [-0.2, -0.15) is 0 Å². The number of para-hydroxylation sites is 1. The number of amides is 3. The van der Waals surface area contributed by atoms with Gasteiger partial charge in [-0.3, -0.25) is 9.59 Å². The monoisotopic (exact) mass is 293 g/mol. The van der Waals surface area contributed by atoms with Crippen molar-refractivity contribution in [3.8, 4) is 0 Å². The van der Waals surface area contributed by atoms with E-state index in [4.69, 9.17) is 4.74 Å². The number of rotatable bonds is 6. The third kappa shape index (κ3) is 6.95. The molecular formula is C14H19N3O4. The Morgan fingerprint density at radius 1 is 1.14 bits per heavy atom. The maximum atomic E-state index is 11.5. The zero-order valence-corrected chi connectivity index (χ0v) is 12.1. The van der Waals surface area contributed by atoms with Gasteiger partial charge in [-0.05, 0) is 12.1 Å². The van der Waals surface area contributed by atoms with Crippen LogP contribution in [0.2, 0.25) is 0 Å². The van der Waals surface area contributed by atoms with Crippen LogP contribution in [0.1, 0.15) is 6.42 Å². The van der Waals surface area contributed by atoms with Crippen molar-refractivity contribution in [1.82, 2.24) is 10.2 Å². The van der Waals surface area contributed by atoms with Gasteiger partial charge in [-0.1, -0.05) is 18.2 Å². The van der Waals surface area contributed by atoms with Crippen molar-refractivity contribution in [3.63, 3.8) is 0 Å². The molecule has 0 aliphatic heterocycles. The van der Waals surface area contributed by atoms with Gasteiger partial charge < -0.3 is 20.3 Å². The molecule has 3 amide bonds. The third-order valence-corrected chi connectivity index (χ3v) is 2.50. The van der Waals surface area contributed by atoms with E-state index in [9.17, 15) is 14.4 Å². The van der Waals surface area contributed by atoms with Crippen molar-refractivity contribution in [2.75, 3.05) is 32.6 Å². The number of urea groups is 1. The third-order valence-electron chi connectivity index (χ3n) is 2.50. The molecule has 0 atom stereocenters. The summed E-state index contributed by atoms with van der Waals surface area (Å²) in [5.41, 5.74) is 0.661.